The topological polar surface area (TPSA) is 25.9 Å². The van der Waals surface area contributed by atoms with Crippen LogP contribution in [-0.4, -0.2) is 119 Å². The molecule has 8 bridgehead atoms. The largest absolute Gasteiger partial charge is 0.264 e. The number of hydrogen-bond donors (Lipinski definition) is 0. The molecule has 8 nitrogen and oxygen atoms in total. The van der Waals surface area contributed by atoms with E-state index in [1.54, 1.807) is 0 Å². The summed E-state index contributed by atoms with van der Waals surface area (Å²) in [6, 6.07) is 0. The van der Waals surface area contributed by atoms with Crippen LogP contribution in [0.15, 0.2) is 0 Å². The van der Waals surface area contributed by atoms with Crippen molar-refractivity contribution >= 4 is 0 Å². The van der Waals surface area contributed by atoms with Crippen LogP contribution in [0.2, 0.25) is 0 Å². The maximum absolute atomic E-state index is 2.47. The van der Waals surface area contributed by atoms with Gasteiger partial charge in [0.1, 0.15) is 0 Å². The van der Waals surface area contributed by atoms with Gasteiger partial charge in [-0.2, -0.15) is 0 Å². The van der Waals surface area contributed by atoms with E-state index in [-0.39, 0.29) is 0 Å². The molecule has 8 heteroatoms. The molecule has 8 aliphatic rings. The summed E-state index contributed by atoms with van der Waals surface area (Å²) in [5, 5.41) is 0. The van der Waals surface area contributed by atoms with Crippen molar-refractivity contribution in [2.24, 2.45) is 0 Å². The molecule has 0 amide bonds. The molecule has 0 atom stereocenters. The molecule has 0 N–H and O–H groups in total. The third-order valence-corrected chi connectivity index (χ3v) is 4.80. The number of nitrogens with zero attached hydrogens (tertiary/aromatic N) is 8. The minimum absolute atomic E-state index is 1.19. The zero-order valence-electron chi connectivity index (χ0n) is 12.1. The summed E-state index contributed by atoms with van der Waals surface area (Å²) in [6.07, 6.45) is 0. The van der Waals surface area contributed by atoms with Crippen LogP contribution in [-0.2, 0) is 0 Å². The van der Waals surface area contributed by atoms with Gasteiger partial charge >= 0.3 is 0 Å². The Morgan fingerprint density at radius 2 is 0.300 bits per heavy atom. The molecule has 0 aromatic carbocycles. The van der Waals surface area contributed by atoms with E-state index in [1.165, 1.54) is 80.0 Å². The van der Waals surface area contributed by atoms with Crippen molar-refractivity contribution in [1.82, 2.24) is 39.2 Å². The van der Waals surface area contributed by atoms with E-state index >= 15 is 0 Å². The van der Waals surface area contributed by atoms with Gasteiger partial charge in [0, 0.05) is 0 Å². The SMILES string of the molecule is C1N2CN3CN1CN(C2)C3.C1N2CN3CN1CN(C2)C3. The van der Waals surface area contributed by atoms with Crippen molar-refractivity contribution in [2.45, 2.75) is 0 Å². The van der Waals surface area contributed by atoms with Crippen LogP contribution in [0.1, 0.15) is 0 Å². The Hall–Kier alpha value is -0.320. The Balaban J connectivity index is 0.0000000960. The lowest BCUT2D eigenvalue weighted by atomic mass is 10.4. The van der Waals surface area contributed by atoms with Gasteiger partial charge in [-0.1, -0.05) is 0 Å². The van der Waals surface area contributed by atoms with Crippen molar-refractivity contribution in [3.63, 3.8) is 0 Å². The molecule has 0 radical (unpaired) electrons. The minimum atomic E-state index is 1.19. The first-order valence-electron chi connectivity index (χ1n) is 7.59. The van der Waals surface area contributed by atoms with Gasteiger partial charge in [0.2, 0.25) is 0 Å². The van der Waals surface area contributed by atoms with Crippen LogP contribution in [0.4, 0.5) is 0 Å². The Bertz CT molecular complexity index is 239. The van der Waals surface area contributed by atoms with Crippen LogP contribution < -0.4 is 0 Å². The molecular formula is C12H24N8. The van der Waals surface area contributed by atoms with E-state index in [0.717, 1.165) is 0 Å². The smallest absolute Gasteiger partial charge is 0.0555 e. The van der Waals surface area contributed by atoms with Crippen LogP contribution in [0.5, 0.6) is 0 Å². The van der Waals surface area contributed by atoms with Crippen LogP contribution in [0.25, 0.3) is 0 Å². The summed E-state index contributed by atoms with van der Waals surface area (Å²) in [5.74, 6) is 0. The lowest BCUT2D eigenvalue weighted by Gasteiger charge is -2.56. The molecule has 0 aromatic heterocycles. The van der Waals surface area contributed by atoms with Gasteiger partial charge in [-0.3, -0.25) is 39.2 Å². The predicted molar refractivity (Wildman–Crippen MR) is 73.1 cm³/mol. The lowest BCUT2D eigenvalue weighted by molar-refractivity contribution is -0.194. The second-order valence-electron chi connectivity index (χ2n) is 7.06. The molecule has 0 spiro atoms. The highest BCUT2D eigenvalue weighted by Gasteiger charge is 2.37. The standard InChI is InChI=1S/2C6H12N4/c2*1-7-2-9-4-8(1)5-10(3-7)6-9/h2*1-6H2. The second kappa shape index (κ2) is 4.59. The zero-order valence-corrected chi connectivity index (χ0v) is 12.1. The molecule has 0 unspecified atom stereocenters. The molecule has 0 aromatic rings. The van der Waals surface area contributed by atoms with Crippen molar-refractivity contribution in [2.75, 3.05) is 80.0 Å². The van der Waals surface area contributed by atoms with Crippen molar-refractivity contribution < 1.29 is 0 Å². The summed E-state index contributed by atoms with van der Waals surface area (Å²) in [5.41, 5.74) is 0. The van der Waals surface area contributed by atoms with Crippen molar-refractivity contribution in [3.8, 4) is 0 Å². The lowest BCUT2D eigenvalue weighted by Crippen LogP contribution is -2.71. The highest BCUT2D eigenvalue weighted by Crippen LogP contribution is 2.21. The Morgan fingerprint density at radius 1 is 0.200 bits per heavy atom. The molecule has 8 fully saturated rings. The average Bonchev–Trinajstić information content (AvgIpc) is 2.35. The Kier molecular flexibility index (Phi) is 2.81. The molecule has 8 heterocycles. The van der Waals surface area contributed by atoms with E-state index in [4.69, 9.17) is 0 Å². The van der Waals surface area contributed by atoms with Gasteiger partial charge < -0.3 is 0 Å². The molecular weight excluding hydrogens is 256 g/mol. The third-order valence-electron chi connectivity index (χ3n) is 4.80. The molecule has 0 aliphatic carbocycles. The fourth-order valence-corrected chi connectivity index (χ4v) is 4.47. The maximum Gasteiger partial charge on any atom is 0.0555 e. The first-order chi connectivity index (χ1) is 9.80. The number of rotatable bonds is 0. The summed E-state index contributed by atoms with van der Waals surface area (Å²) in [7, 11) is 0. The Labute approximate surface area is 120 Å². The monoisotopic (exact) mass is 280 g/mol. The highest BCUT2D eigenvalue weighted by atomic mass is 15.7. The number of hydrogen-bond acceptors (Lipinski definition) is 8. The minimum Gasteiger partial charge on any atom is -0.264 e. The van der Waals surface area contributed by atoms with Crippen molar-refractivity contribution in [1.29, 1.82) is 0 Å². The maximum atomic E-state index is 2.47. The van der Waals surface area contributed by atoms with Gasteiger partial charge in [-0.15, -0.1) is 0 Å². The van der Waals surface area contributed by atoms with Crippen LogP contribution in [0.3, 0.4) is 0 Å². The van der Waals surface area contributed by atoms with Gasteiger partial charge in [0.25, 0.3) is 0 Å². The normalized spacial score (nSPS) is 57.6. The van der Waals surface area contributed by atoms with Crippen LogP contribution >= 0.6 is 0 Å². The van der Waals surface area contributed by atoms with E-state index in [9.17, 15) is 0 Å². The molecule has 20 heavy (non-hydrogen) atoms. The molecule has 8 aliphatic heterocycles. The summed E-state index contributed by atoms with van der Waals surface area (Å²) >= 11 is 0. The molecule has 8 rings (SSSR count). The molecule has 8 saturated heterocycles. The average molecular weight is 280 g/mol. The van der Waals surface area contributed by atoms with Gasteiger partial charge in [-0.05, 0) is 0 Å². The van der Waals surface area contributed by atoms with Gasteiger partial charge in [0.15, 0.2) is 0 Å². The fourth-order valence-electron chi connectivity index (χ4n) is 4.47. The predicted octanol–water partition coefficient (Wildman–Crippen LogP) is -2.04. The fraction of sp³-hybridized carbons (Fsp3) is 1.00. The van der Waals surface area contributed by atoms with E-state index < -0.39 is 0 Å². The first-order valence-corrected chi connectivity index (χ1v) is 7.59. The summed E-state index contributed by atoms with van der Waals surface area (Å²) in [4.78, 5) is 19.8. The zero-order chi connectivity index (χ0) is 13.1. The van der Waals surface area contributed by atoms with Crippen molar-refractivity contribution in [3.05, 3.63) is 0 Å². The highest BCUT2D eigenvalue weighted by molar-refractivity contribution is 4.80. The first kappa shape index (κ1) is 12.2. The summed E-state index contributed by atoms with van der Waals surface area (Å²) in [6.45, 7) is 14.2. The molecule has 0 saturated carbocycles. The molecule has 112 valence electrons. The Morgan fingerprint density at radius 3 is 0.400 bits per heavy atom. The third kappa shape index (κ3) is 2.16. The second-order valence-corrected chi connectivity index (χ2v) is 7.06. The van der Waals surface area contributed by atoms with Gasteiger partial charge in [0.05, 0.1) is 80.0 Å². The van der Waals surface area contributed by atoms with Crippen LogP contribution in [0, 0.1) is 0 Å². The van der Waals surface area contributed by atoms with E-state index in [1.807, 2.05) is 0 Å². The quantitative estimate of drug-likeness (QED) is 0.501. The summed E-state index contributed by atoms with van der Waals surface area (Å²) < 4.78 is 0. The van der Waals surface area contributed by atoms with Gasteiger partial charge in [-0.25, -0.2) is 0 Å². The van der Waals surface area contributed by atoms with E-state index in [0.29, 0.717) is 0 Å². The van der Waals surface area contributed by atoms with E-state index in [2.05, 4.69) is 39.2 Å².